The van der Waals surface area contributed by atoms with Crippen molar-refractivity contribution in [1.29, 1.82) is 0 Å². The fourth-order valence-electron chi connectivity index (χ4n) is 2.57. The maximum absolute atomic E-state index is 11.6. The van der Waals surface area contributed by atoms with Crippen molar-refractivity contribution in [2.24, 2.45) is 5.92 Å². The molecule has 1 aliphatic heterocycles. The summed E-state index contributed by atoms with van der Waals surface area (Å²) in [6.45, 7) is 9.59. The lowest BCUT2D eigenvalue weighted by Gasteiger charge is -2.35. The molecule has 1 fully saturated rings. The molecule has 1 heterocycles. The van der Waals surface area contributed by atoms with E-state index in [1.807, 2.05) is 0 Å². The summed E-state index contributed by atoms with van der Waals surface area (Å²) in [5.41, 5.74) is 0. The highest BCUT2D eigenvalue weighted by Gasteiger charge is 2.34. The molecule has 4 nitrogen and oxygen atoms in total. The molecular formula is C13H28N2O2S. The third kappa shape index (κ3) is 4.52. The molecule has 1 saturated heterocycles. The fourth-order valence-corrected chi connectivity index (χ4v) is 4.36. The van der Waals surface area contributed by atoms with E-state index in [0.29, 0.717) is 29.5 Å². The number of likely N-dealkylation sites (N-methyl/N-ethyl adjacent to an activating group) is 1. The molecule has 1 rings (SSSR count). The summed E-state index contributed by atoms with van der Waals surface area (Å²) in [5.74, 6) is 1.20. The summed E-state index contributed by atoms with van der Waals surface area (Å²) in [7, 11) is -0.725. The monoisotopic (exact) mass is 276 g/mol. The minimum absolute atomic E-state index is 0.191. The molecule has 0 radical (unpaired) electrons. The van der Waals surface area contributed by atoms with Crippen molar-refractivity contribution >= 4 is 9.84 Å². The molecule has 0 spiro atoms. The Balaban J connectivity index is 2.62. The van der Waals surface area contributed by atoms with Gasteiger partial charge in [0.25, 0.3) is 0 Å². The zero-order chi connectivity index (χ0) is 13.9. The molecule has 1 N–H and O–H groups in total. The second-order valence-corrected chi connectivity index (χ2v) is 8.33. The summed E-state index contributed by atoms with van der Waals surface area (Å²) in [5, 5.41) is 3.46. The van der Waals surface area contributed by atoms with Crippen LogP contribution in [0, 0.1) is 5.92 Å². The summed E-state index contributed by atoms with van der Waals surface area (Å²) in [4.78, 5) is 2.27. The number of nitrogens with zero attached hydrogens (tertiary/aromatic N) is 1. The van der Waals surface area contributed by atoms with E-state index in [1.54, 1.807) is 0 Å². The maximum atomic E-state index is 11.6. The standard InChI is InChI=1S/C13H28N2O2S/c1-10(2)13(8-14-11(3)4)15(5)12-6-7-18(16,17)9-12/h10-14H,6-9H2,1-5H3. The zero-order valence-electron chi connectivity index (χ0n) is 12.3. The van der Waals surface area contributed by atoms with Crippen LogP contribution < -0.4 is 5.32 Å². The first-order valence-corrected chi connectivity index (χ1v) is 8.71. The Bertz CT molecular complexity index is 352. The van der Waals surface area contributed by atoms with Gasteiger partial charge in [0.2, 0.25) is 0 Å². The van der Waals surface area contributed by atoms with Crippen LogP contribution in [0.1, 0.15) is 34.1 Å². The van der Waals surface area contributed by atoms with Crippen LogP contribution in [0.3, 0.4) is 0 Å². The smallest absolute Gasteiger partial charge is 0.151 e. The lowest BCUT2D eigenvalue weighted by molar-refractivity contribution is 0.142. The number of nitrogens with one attached hydrogen (secondary N) is 1. The van der Waals surface area contributed by atoms with Crippen molar-refractivity contribution in [1.82, 2.24) is 10.2 Å². The van der Waals surface area contributed by atoms with Gasteiger partial charge in [-0.25, -0.2) is 8.42 Å². The first-order valence-electron chi connectivity index (χ1n) is 6.88. The largest absolute Gasteiger partial charge is 0.313 e. The average Bonchev–Trinajstić information content (AvgIpc) is 2.57. The summed E-state index contributed by atoms with van der Waals surface area (Å²) in [6.07, 6.45) is 0.781. The molecule has 18 heavy (non-hydrogen) atoms. The number of hydrogen-bond acceptors (Lipinski definition) is 4. The zero-order valence-corrected chi connectivity index (χ0v) is 13.1. The van der Waals surface area contributed by atoms with Gasteiger partial charge < -0.3 is 5.32 Å². The molecule has 0 aromatic carbocycles. The molecule has 2 unspecified atom stereocenters. The van der Waals surface area contributed by atoms with Crippen molar-refractivity contribution in [3.63, 3.8) is 0 Å². The van der Waals surface area contributed by atoms with Crippen LogP contribution in [0.2, 0.25) is 0 Å². The Hall–Kier alpha value is -0.130. The molecule has 0 saturated carbocycles. The quantitative estimate of drug-likeness (QED) is 0.790. The first kappa shape index (κ1) is 15.9. The van der Waals surface area contributed by atoms with E-state index in [1.165, 1.54) is 0 Å². The lowest BCUT2D eigenvalue weighted by atomic mass is 10.0. The minimum atomic E-state index is -2.79. The van der Waals surface area contributed by atoms with Crippen LogP contribution in [-0.2, 0) is 9.84 Å². The van der Waals surface area contributed by atoms with Crippen molar-refractivity contribution in [3.05, 3.63) is 0 Å². The van der Waals surface area contributed by atoms with E-state index in [0.717, 1.165) is 13.0 Å². The molecular weight excluding hydrogens is 248 g/mol. The van der Waals surface area contributed by atoms with E-state index in [9.17, 15) is 8.42 Å². The van der Waals surface area contributed by atoms with Crippen molar-refractivity contribution in [3.8, 4) is 0 Å². The highest BCUT2D eigenvalue weighted by molar-refractivity contribution is 7.91. The second kappa shape index (κ2) is 6.35. The van der Waals surface area contributed by atoms with Gasteiger partial charge in [-0.05, 0) is 19.4 Å². The fraction of sp³-hybridized carbons (Fsp3) is 1.00. The van der Waals surface area contributed by atoms with Gasteiger partial charge in [0, 0.05) is 24.7 Å². The van der Waals surface area contributed by atoms with Gasteiger partial charge in [0.05, 0.1) is 11.5 Å². The Labute approximate surface area is 112 Å². The van der Waals surface area contributed by atoms with Crippen LogP contribution in [-0.4, -0.2) is 56.5 Å². The van der Waals surface area contributed by atoms with Crippen molar-refractivity contribution in [2.45, 2.75) is 52.2 Å². The Morgan fingerprint density at radius 2 is 1.89 bits per heavy atom. The third-order valence-corrected chi connectivity index (χ3v) is 5.56. The predicted octanol–water partition coefficient (Wildman–Crippen LogP) is 1.13. The van der Waals surface area contributed by atoms with Crippen LogP contribution in [0.4, 0.5) is 0 Å². The Kier molecular flexibility index (Phi) is 5.62. The van der Waals surface area contributed by atoms with Crippen LogP contribution in [0.25, 0.3) is 0 Å². The normalized spacial score (nSPS) is 25.2. The first-order chi connectivity index (χ1) is 8.23. The molecule has 1 aliphatic rings. The molecule has 0 bridgehead atoms. The van der Waals surface area contributed by atoms with E-state index in [-0.39, 0.29) is 6.04 Å². The van der Waals surface area contributed by atoms with Gasteiger partial charge in [-0.15, -0.1) is 0 Å². The van der Waals surface area contributed by atoms with Gasteiger partial charge >= 0.3 is 0 Å². The van der Waals surface area contributed by atoms with Gasteiger partial charge in [0.15, 0.2) is 9.84 Å². The van der Waals surface area contributed by atoms with E-state index in [2.05, 4.69) is 45.0 Å². The molecule has 0 aromatic rings. The van der Waals surface area contributed by atoms with Crippen molar-refractivity contribution < 1.29 is 8.42 Å². The molecule has 5 heteroatoms. The predicted molar refractivity (Wildman–Crippen MR) is 76.6 cm³/mol. The maximum Gasteiger partial charge on any atom is 0.151 e. The van der Waals surface area contributed by atoms with Crippen LogP contribution in [0.5, 0.6) is 0 Å². The molecule has 0 amide bonds. The average molecular weight is 276 g/mol. The van der Waals surface area contributed by atoms with Gasteiger partial charge in [-0.3, -0.25) is 4.90 Å². The SMILES string of the molecule is CC(C)NCC(C(C)C)N(C)C1CCS(=O)(=O)C1. The number of hydrogen-bond donors (Lipinski definition) is 1. The highest BCUT2D eigenvalue weighted by atomic mass is 32.2. The lowest BCUT2D eigenvalue weighted by Crippen LogP contribution is -2.49. The Morgan fingerprint density at radius 3 is 2.28 bits per heavy atom. The number of sulfone groups is 1. The minimum Gasteiger partial charge on any atom is -0.313 e. The van der Waals surface area contributed by atoms with E-state index >= 15 is 0 Å². The van der Waals surface area contributed by atoms with Gasteiger partial charge in [0.1, 0.15) is 0 Å². The summed E-state index contributed by atoms with van der Waals surface area (Å²) >= 11 is 0. The van der Waals surface area contributed by atoms with E-state index in [4.69, 9.17) is 0 Å². The van der Waals surface area contributed by atoms with Crippen molar-refractivity contribution in [2.75, 3.05) is 25.1 Å². The highest BCUT2D eigenvalue weighted by Crippen LogP contribution is 2.21. The third-order valence-electron chi connectivity index (χ3n) is 3.81. The molecule has 0 aromatic heterocycles. The van der Waals surface area contributed by atoms with Gasteiger partial charge in [-0.2, -0.15) is 0 Å². The van der Waals surface area contributed by atoms with E-state index < -0.39 is 9.84 Å². The number of rotatable bonds is 6. The molecule has 0 aliphatic carbocycles. The molecule has 2 atom stereocenters. The second-order valence-electron chi connectivity index (χ2n) is 6.10. The summed E-state index contributed by atoms with van der Waals surface area (Å²) < 4.78 is 23.1. The van der Waals surface area contributed by atoms with Gasteiger partial charge in [-0.1, -0.05) is 27.7 Å². The van der Waals surface area contributed by atoms with Crippen LogP contribution in [0.15, 0.2) is 0 Å². The topological polar surface area (TPSA) is 49.4 Å². The molecule has 108 valence electrons. The van der Waals surface area contributed by atoms with Crippen LogP contribution >= 0.6 is 0 Å². The summed E-state index contributed by atoms with van der Waals surface area (Å²) in [6, 6.07) is 1.05. The Morgan fingerprint density at radius 1 is 1.28 bits per heavy atom.